The molecule has 0 aliphatic carbocycles. The molecule has 0 radical (unpaired) electrons. The van der Waals surface area contributed by atoms with Crippen molar-refractivity contribution in [3.8, 4) is 17.2 Å². The highest BCUT2D eigenvalue weighted by atomic mass is 16.5. The van der Waals surface area contributed by atoms with Crippen LogP contribution in [0.3, 0.4) is 0 Å². The van der Waals surface area contributed by atoms with Crippen molar-refractivity contribution >= 4 is 11.9 Å². The van der Waals surface area contributed by atoms with E-state index in [4.69, 9.17) is 18.9 Å². The minimum absolute atomic E-state index is 0.277. The van der Waals surface area contributed by atoms with Gasteiger partial charge in [-0.25, -0.2) is 4.79 Å². The number of methoxy groups -OCH3 is 2. The number of hydrogen-bond donors (Lipinski definition) is 1. The zero-order valence-corrected chi connectivity index (χ0v) is 17.2. The van der Waals surface area contributed by atoms with Gasteiger partial charge >= 0.3 is 5.97 Å². The molecule has 0 heterocycles. The van der Waals surface area contributed by atoms with Crippen molar-refractivity contribution < 1.29 is 28.5 Å². The molecule has 0 fully saturated rings. The number of carbonyl (C=O) groups excluding carboxylic acids is 2. The van der Waals surface area contributed by atoms with E-state index in [1.165, 1.54) is 13.2 Å². The molecule has 2 aromatic rings. The summed E-state index contributed by atoms with van der Waals surface area (Å²) in [5.41, 5.74) is 1.16. The Labute approximate surface area is 170 Å². The third kappa shape index (κ3) is 7.03. The van der Waals surface area contributed by atoms with Gasteiger partial charge in [0.2, 0.25) is 0 Å². The van der Waals surface area contributed by atoms with E-state index < -0.39 is 11.9 Å². The predicted octanol–water partition coefficient (Wildman–Crippen LogP) is 3.21. The topological polar surface area (TPSA) is 83.1 Å². The quantitative estimate of drug-likeness (QED) is 0.616. The van der Waals surface area contributed by atoms with E-state index in [0.717, 1.165) is 5.56 Å². The molecule has 0 unspecified atom stereocenters. The first-order chi connectivity index (χ1) is 13.9. The molecule has 0 aliphatic heterocycles. The molecule has 0 aromatic heterocycles. The highest BCUT2D eigenvalue weighted by Crippen LogP contribution is 2.28. The molecule has 0 spiro atoms. The fourth-order valence-electron chi connectivity index (χ4n) is 2.42. The van der Waals surface area contributed by atoms with Gasteiger partial charge in [-0.15, -0.1) is 0 Å². The molecule has 1 N–H and O–H groups in total. The van der Waals surface area contributed by atoms with Gasteiger partial charge in [-0.3, -0.25) is 4.79 Å². The lowest BCUT2D eigenvalue weighted by Gasteiger charge is -2.13. The summed E-state index contributed by atoms with van der Waals surface area (Å²) >= 11 is 0. The molecule has 0 saturated carbocycles. The Morgan fingerprint density at radius 1 is 1.00 bits per heavy atom. The van der Waals surface area contributed by atoms with Crippen LogP contribution < -0.4 is 19.5 Å². The number of carbonyl (C=O) groups is 2. The number of nitrogens with one attached hydrogen (secondary N) is 1. The van der Waals surface area contributed by atoms with Crippen LogP contribution in [0.5, 0.6) is 17.2 Å². The van der Waals surface area contributed by atoms with Gasteiger partial charge in [-0.2, -0.15) is 0 Å². The van der Waals surface area contributed by atoms with E-state index in [9.17, 15) is 9.59 Å². The van der Waals surface area contributed by atoms with E-state index in [-0.39, 0.29) is 12.2 Å². The number of esters is 1. The zero-order chi connectivity index (χ0) is 21.2. The number of ether oxygens (including phenoxy) is 4. The molecular weight excluding hydrogens is 374 g/mol. The summed E-state index contributed by atoms with van der Waals surface area (Å²) in [7, 11) is 3.08. The lowest BCUT2D eigenvalue weighted by atomic mass is 10.2. The van der Waals surface area contributed by atoms with Gasteiger partial charge in [0.15, 0.2) is 18.1 Å². The highest BCUT2D eigenvalue weighted by molar-refractivity contribution is 5.92. The Hall–Kier alpha value is -3.22. The number of rotatable bonds is 10. The maximum atomic E-state index is 12.2. The van der Waals surface area contributed by atoms with Gasteiger partial charge in [-0.05, 0) is 41.8 Å². The van der Waals surface area contributed by atoms with Crippen LogP contribution in [0.4, 0.5) is 0 Å². The van der Waals surface area contributed by atoms with Crippen molar-refractivity contribution in [1.29, 1.82) is 0 Å². The Morgan fingerprint density at radius 2 is 1.79 bits per heavy atom. The van der Waals surface area contributed by atoms with Crippen molar-refractivity contribution in [3.63, 3.8) is 0 Å². The number of hydrogen-bond acceptors (Lipinski definition) is 6. The van der Waals surface area contributed by atoms with Crippen molar-refractivity contribution in [1.82, 2.24) is 5.32 Å². The first-order valence-electron chi connectivity index (χ1n) is 9.30. The molecule has 0 bridgehead atoms. The predicted molar refractivity (Wildman–Crippen MR) is 108 cm³/mol. The Balaban J connectivity index is 1.86. The number of amides is 1. The first-order valence-corrected chi connectivity index (χ1v) is 9.30. The van der Waals surface area contributed by atoms with Crippen LogP contribution in [-0.2, 0) is 16.1 Å². The molecule has 29 heavy (non-hydrogen) atoms. The molecule has 0 saturated heterocycles. The molecular formula is C22H27NO6. The van der Waals surface area contributed by atoms with Crippen molar-refractivity contribution in [2.24, 2.45) is 5.92 Å². The third-order valence-electron chi connectivity index (χ3n) is 3.93. The zero-order valence-electron chi connectivity index (χ0n) is 17.2. The molecule has 0 aliphatic rings. The van der Waals surface area contributed by atoms with Gasteiger partial charge in [-0.1, -0.05) is 26.0 Å². The fraction of sp³-hybridized carbons (Fsp3) is 0.364. The van der Waals surface area contributed by atoms with Crippen LogP contribution >= 0.6 is 0 Å². The maximum Gasteiger partial charge on any atom is 0.338 e. The summed E-state index contributed by atoms with van der Waals surface area (Å²) in [4.78, 5) is 24.2. The van der Waals surface area contributed by atoms with Crippen LogP contribution in [0.1, 0.15) is 29.8 Å². The van der Waals surface area contributed by atoms with E-state index >= 15 is 0 Å². The Morgan fingerprint density at radius 3 is 2.48 bits per heavy atom. The minimum atomic E-state index is -0.616. The average molecular weight is 401 g/mol. The largest absolute Gasteiger partial charge is 0.497 e. The molecule has 7 heteroatoms. The Kier molecular flexibility index (Phi) is 8.33. The van der Waals surface area contributed by atoms with Gasteiger partial charge in [0.1, 0.15) is 5.75 Å². The van der Waals surface area contributed by atoms with Crippen LogP contribution in [0, 0.1) is 5.92 Å². The summed E-state index contributed by atoms with van der Waals surface area (Å²) in [6.45, 7) is 4.54. The van der Waals surface area contributed by atoms with Crippen molar-refractivity contribution in [2.45, 2.75) is 20.4 Å². The Bertz CT molecular complexity index is 834. The standard InChI is InChI=1S/C22H27NO6/c1-15(2)13-28-19-9-8-17(11-20(19)27-4)22(25)29-14-21(24)23-12-16-6-5-7-18(10-16)26-3/h5-11,15H,12-14H2,1-4H3,(H,23,24). The van der Waals surface area contributed by atoms with E-state index in [1.54, 1.807) is 19.2 Å². The van der Waals surface area contributed by atoms with Crippen LogP contribution in [0.2, 0.25) is 0 Å². The van der Waals surface area contributed by atoms with Crippen LogP contribution in [0.25, 0.3) is 0 Å². The third-order valence-corrected chi connectivity index (χ3v) is 3.93. The SMILES string of the molecule is COc1cccc(CNC(=O)COC(=O)c2ccc(OCC(C)C)c(OC)c2)c1. The normalized spacial score (nSPS) is 10.4. The molecule has 2 aromatic carbocycles. The smallest absolute Gasteiger partial charge is 0.338 e. The first kappa shape index (κ1) is 22.1. The number of benzene rings is 2. The van der Waals surface area contributed by atoms with E-state index in [2.05, 4.69) is 5.32 Å². The van der Waals surface area contributed by atoms with Gasteiger partial charge < -0.3 is 24.3 Å². The summed E-state index contributed by atoms with van der Waals surface area (Å²) in [6.07, 6.45) is 0. The summed E-state index contributed by atoms with van der Waals surface area (Å²) in [5, 5.41) is 2.70. The monoisotopic (exact) mass is 401 g/mol. The van der Waals surface area contributed by atoms with Crippen LogP contribution in [-0.4, -0.2) is 39.3 Å². The van der Waals surface area contributed by atoms with E-state index in [0.29, 0.717) is 36.3 Å². The van der Waals surface area contributed by atoms with Crippen molar-refractivity contribution in [2.75, 3.05) is 27.4 Å². The second-order valence-corrected chi connectivity index (χ2v) is 6.77. The highest BCUT2D eigenvalue weighted by Gasteiger charge is 2.14. The van der Waals surface area contributed by atoms with Crippen molar-refractivity contribution in [3.05, 3.63) is 53.6 Å². The molecule has 1 amide bonds. The van der Waals surface area contributed by atoms with Gasteiger partial charge in [0, 0.05) is 6.54 Å². The van der Waals surface area contributed by atoms with Gasteiger partial charge in [0.05, 0.1) is 26.4 Å². The maximum absolute atomic E-state index is 12.2. The summed E-state index contributed by atoms with van der Waals surface area (Å²) in [5.74, 6) is 1.04. The van der Waals surface area contributed by atoms with Gasteiger partial charge in [0.25, 0.3) is 5.91 Å². The van der Waals surface area contributed by atoms with Crippen LogP contribution in [0.15, 0.2) is 42.5 Å². The molecule has 156 valence electrons. The summed E-state index contributed by atoms with van der Waals surface area (Å²) in [6, 6.07) is 12.1. The van der Waals surface area contributed by atoms with E-state index in [1.807, 2.05) is 38.1 Å². The average Bonchev–Trinajstić information content (AvgIpc) is 2.74. The summed E-state index contributed by atoms with van der Waals surface area (Å²) < 4.78 is 21.2. The second kappa shape index (κ2) is 10.9. The minimum Gasteiger partial charge on any atom is -0.497 e. The lowest BCUT2D eigenvalue weighted by molar-refractivity contribution is -0.124. The molecule has 0 atom stereocenters. The lowest BCUT2D eigenvalue weighted by Crippen LogP contribution is -2.28. The fourth-order valence-corrected chi connectivity index (χ4v) is 2.42. The second-order valence-electron chi connectivity index (χ2n) is 6.77. The molecule has 7 nitrogen and oxygen atoms in total. The molecule has 2 rings (SSSR count).